The van der Waals surface area contributed by atoms with Crippen molar-refractivity contribution in [3.8, 4) is 17.6 Å². The number of pyridine rings is 1. The molecule has 11 heteroatoms. The number of carbonyl (C=O) groups is 1. The van der Waals surface area contributed by atoms with Gasteiger partial charge in [-0.3, -0.25) is 14.5 Å². The minimum Gasteiger partial charge on any atom is -0.453 e. The van der Waals surface area contributed by atoms with E-state index >= 15 is 4.39 Å². The summed E-state index contributed by atoms with van der Waals surface area (Å²) in [5.41, 5.74) is 0.901. The largest absolute Gasteiger partial charge is 0.453 e. The molecule has 2 aromatic heterocycles. The number of amides is 1. The number of carbonyl (C=O) groups excluding carboxylic acids is 1. The summed E-state index contributed by atoms with van der Waals surface area (Å²) < 4.78 is 49.1. The second kappa shape index (κ2) is 10.3. The van der Waals surface area contributed by atoms with Gasteiger partial charge in [0.2, 0.25) is 5.91 Å². The van der Waals surface area contributed by atoms with Crippen LogP contribution in [0.1, 0.15) is 44.7 Å². The van der Waals surface area contributed by atoms with Crippen LogP contribution in [0.5, 0.6) is 11.5 Å². The van der Waals surface area contributed by atoms with Gasteiger partial charge in [-0.05, 0) is 82.0 Å². The van der Waals surface area contributed by atoms with Gasteiger partial charge in [0.25, 0.3) is 0 Å². The van der Waals surface area contributed by atoms with Crippen molar-refractivity contribution < 1.29 is 22.3 Å². The van der Waals surface area contributed by atoms with Gasteiger partial charge in [0.15, 0.2) is 21.4 Å². The van der Waals surface area contributed by atoms with Crippen molar-refractivity contribution in [3.05, 3.63) is 71.9 Å². The number of aryl methyl sites for hydroxylation is 1. The van der Waals surface area contributed by atoms with Crippen LogP contribution in [-0.4, -0.2) is 34.8 Å². The number of anilines is 1. The van der Waals surface area contributed by atoms with Gasteiger partial charge in [-0.1, -0.05) is 6.07 Å². The molecule has 4 aromatic rings. The van der Waals surface area contributed by atoms with Gasteiger partial charge >= 0.3 is 0 Å². The summed E-state index contributed by atoms with van der Waals surface area (Å²) >= 11 is 0. The van der Waals surface area contributed by atoms with Crippen LogP contribution in [0.2, 0.25) is 0 Å². The van der Waals surface area contributed by atoms with E-state index in [1.807, 2.05) is 20.8 Å². The number of nitrogens with one attached hydrogen (secondary N) is 1. The van der Waals surface area contributed by atoms with Gasteiger partial charge in [0.05, 0.1) is 51.5 Å². The molecule has 0 aliphatic heterocycles. The molecule has 0 bridgehead atoms. The van der Waals surface area contributed by atoms with Crippen LogP contribution in [0.4, 0.5) is 10.1 Å². The van der Waals surface area contributed by atoms with Crippen molar-refractivity contribution in [2.24, 2.45) is 5.41 Å². The Morgan fingerprint density at radius 3 is 2.61 bits per heavy atom. The Hall–Kier alpha value is -4.30. The Bertz CT molecular complexity index is 1790. The van der Waals surface area contributed by atoms with Crippen molar-refractivity contribution in [2.45, 2.75) is 57.4 Å². The van der Waals surface area contributed by atoms with Gasteiger partial charge in [-0.15, -0.1) is 0 Å². The molecule has 1 aliphatic carbocycles. The predicted molar refractivity (Wildman–Crippen MR) is 152 cm³/mol. The zero-order valence-electron chi connectivity index (χ0n) is 23.2. The number of ether oxygens (including phenoxy) is 1. The molecule has 1 saturated carbocycles. The summed E-state index contributed by atoms with van der Waals surface area (Å²) in [6.45, 7) is 7.66. The number of halogens is 1. The average Bonchev–Trinajstić information content (AvgIpc) is 3.49. The van der Waals surface area contributed by atoms with E-state index in [2.05, 4.69) is 21.5 Å². The first-order valence-corrected chi connectivity index (χ1v) is 14.8. The van der Waals surface area contributed by atoms with Crippen LogP contribution >= 0.6 is 0 Å². The lowest BCUT2D eigenvalue weighted by Gasteiger charge is -2.18. The van der Waals surface area contributed by atoms with Crippen molar-refractivity contribution in [2.75, 3.05) is 11.1 Å². The van der Waals surface area contributed by atoms with Crippen LogP contribution in [0.15, 0.2) is 59.9 Å². The molecule has 5 rings (SSSR count). The van der Waals surface area contributed by atoms with Crippen molar-refractivity contribution in [3.63, 3.8) is 0 Å². The van der Waals surface area contributed by atoms with Gasteiger partial charge < -0.3 is 10.1 Å². The molecule has 2 aromatic carbocycles. The summed E-state index contributed by atoms with van der Waals surface area (Å²) in [5.74, 6) is -1.03. The van der Waals surface area contributed by atoms with Crippen LogP contribution < -0.4 is 10.1 Å². The number of rotatable bonds is 8. The van der Waals surface area contributed by atoms with Gasteiger partial charge in [-0.2, -0.15) is 10.4 Å². The maximum Gasteiger partial charge on any atom is 0.228 e. The van der Waals surface area contributed by atoms with Crippen molar-refractivity contribution in [1.82, 2.24) is 14.8 Å². The number of hydrogen-bond acceptors (Lipinski definition) is 7. The summed E-state index contributed by atoms with van der Waals surface area (Å²) in [4.78, 5) is 17.0. The topological polar surface area (TPSA) is 127 Å². The van der Waals surface area contributed by atoms with Crippen molar-refractivity contribution >= 4 is 32.3 Å². The number of sulfone groups is 1. The number of nitriles is 1. The average molecular weight is 576 g/mol. The van der Waals surface area contributed by atoms with Crippen LogP contribution in [0.3, 0.4) is 0 Å². The Balaban J connectivity index is 1.36. The number of fused-ring (bicyclic) bond motifs is 1. The molecule has 1 fully saturated rings. The molecule has 1 aliphatic rings. The molecule has 2 heterocycles. The summed E-state index contributed by atoms with van der Waals surface area (Å²) in [6, 6.07) is 11.1. The molecular formula is C30H30FN5O4S. The SMILES string of the molecule is Cc1cc(CC(=O)Nc2cnn(C(C)(C)C)c2)cc(F)c1Oc1ccnc2ccc(S(=O)(=O)CC3(C#N)CC3)cc12. The molecule has 1 amide bonds. The zero-order valence-corrected chi connectivity index (χ0v) is 24.0. The lowest BCUT2D eigenvalue weighted by atomic mass is 10.1. The van der Waals surface area contributed by atoms with Crippen LogP contribution in [0.25, 0.3) is 10.9 Å². The Morgan fingerprint density at radius 1 is 1.22 bits per heavy atom. The fourth-order valence-corrected chi connectivity index (χ4v) is 6.38. The monoisotopic (exact) mass is 575 g/mol. The quantitative estimate of drug-likeness (QED) is 0.286. The molecule has 0 spiro atoms. The standard InChI is InChI=1S/C30H30FN5O4S/c1-19-11-20(13-27(37)35-21-15-34-36(16-21)29(2,3)4)12-24(31)28(19)40-26-7-10-33-25-6-5-22(14-23(25)26)41(38,39)18-30(17-32)8-9-30/h5-7,10-12,14-16H,8-9,13,18H2,1-4H3,(H,35,37). The van der Waals surface area contributed by atoms with E-state index in [1.165, 1.54) is 30.5 Å². The second-order valence-electron chi connectivity index (χ2n) is 11.5. The number of hydrogen-bond donors (Lipinski definition) is 1. The van der Waals surface area contributed by atoms with E-state index in [9.17, 15) is 18.5 Å². The highest BCUT2D eigenvalue weighted by Gasteiger charge is 2.47. The third kappa shape index (κ3) is 6.07. The van der Waals surface area contributed by atoms with E-state index in [4.69, 9.17) is 4.74 Å². The van der Waals surface area contributed by atoms with E-state index in [0.29, 0.717) is 40.6 Å². The molecular weight excluding hydrogens is 545 g/mol. The molecule has 0 radical (unpaired) electrons. The zero-order chi connectivity index (χ0) is 29.6. The Labute approximate surface area is 237 Å². The highest BCUT2D eigenvalue weighted by molar-refractivity contribution is 7.91. The third-order valence-electron chi connectivity index (χ3n) is 7.01. The van der Waals surface area contributed by atoms with Gasteiger partial charge in [0.1, 0.15) is 5.75 Å². The molecule has 9 nitrogen and oxygen atoms in total. The number of aromatic nitrogens is 3. The first kappa shape index (κ1) is 28.2. The Morgan fingerprint density at radius 2 is 1.98 bits per heavy atom. The summed E-state index contributed by atoms with van der Waals surface area (Å²) in [6.07, 6.45) is 5.87. The normalized spacial score (nSPS) is 14.4. The van der Waals surface area contributed by atoms with Crippen LogP contribution in [-0.2, 0) is 26.6 Å². The lowest BCUT2D eigenvalue weighted by molar-refractivity contribution is -0.115. The minimum atomic E-state index is -3.73. The van der Waals surface area contributed by atoms with E-state index < -0.39 is 21.1 Å². The first-order valence-electron chi connectivity index (χ1n) is 13.1. The first-order chi connectivity index (χ1) is 19.3. The maximum absolute atomic E-state index is 15.3. The number of nitrogens with zero attached hydrogens (tertiary/aromatic N) is 4. The fraction of sp³-hybridized carbons (Fsp3) is 0.333. The van der Waals surface area contributed by atoms with E-state index in [-0.39, 0.29) is 40.0 Å². The third-order valence-corrected chi connectivity index (χ3v) is 8.91. The van der Waals surface area contributed by atoms with Crippen molar-refractivity contribution in [1.29, 1.82) is 5.26 Å². The molecule has 212 valence electrons. The highest BCUT2D eigenvalue weighted by atomic mass is 32.2. The molecule has 41 heavy (non-hydrogen) atoms. The Kier molecular flexibility index (Phi) is 7.07. The second-order valence-corrected chi connectivity index (χ2v) is 13.5. The molecule has 0 saturated heterocycles. The summed E-state index contributed by atoms with van der Waals surface area (Å²) in [7, 11) is -3.73. The predicted octanol–water partition coefficient (Wildman–Crippen LogP) is 5.68. The number of benzene rings is 2. The van der Waals surface area contributed by atoms with Crippen LogP contribution in [0, 0.1) is 29.5 Å². The molecule has 1 N–H and O–H groups in total. The van der Waals surface area contributed by atoms with Gasteiger partial charge in [-0.25, -0.2) is 12.8 Å². The minimum absolute atomic E-state index is 0.0391. The summed E-state index contributed by atoms with van der Waals surface area (Å²) in [5, 5.41) is 16.8. The van der Waals surface area contributed by atoms with E-state index in [1.54, 1.807) is 36.1 Å². The maximum atomic E-state index is 15.3. The highest BCUT2D eigenvalue weighted by Crippen LogP contribution is 2.47. The van der Waals surface area contributed by atoms with E-state index in [0.717, 1.165) is 0 Å². The van der Waals surface area contributed by atoms with Gasteiger partial charge in [0, 0.05) is 17.8 Å². The fourth-order valence-electron chi connectivity index (χ4n) is 4.56. The molecule has 0 unspecified atom stereocenters. The smallest absolute Gasteiger partial charge is 0.228 e. The molecule has 0 atom stereocenters. The lowest BCUT2D eigenvalue weighted by Crippen LogP contribution is -2.22.